The van der Waals surface area contributed by atoms with Gasteiger partial charge in [0.05, 0.1) is 13.2 Å². The Hall–Kier alpha value is -0.540. The van der Waals surface area contributed by atoms with Gasteiger partial charge in [0.25, 0.3) is 10.0 Å². The summed E-state index contributed by atoms with van der Waals surface area (Å²) in [6.07, 6.45) is 1.93. The molecule has 8 heteroatoms. The predicted octanol–water partition coefficient (Wildman–Crippen LogP) is 1.19. The van der Waals surface area contributed by atoms with Gasteiger partial charge in [-0.25, -0.2) is 13.1 Å². The second-order valence-electron chi connectivity index (χ2n) is 4.93. The Bertz CT molecular complexity index is 524. The summed E-state index contributed by atoms with van der Waals surface area (Å²) in [5.74, 6) is 2.53. The minimum atomic E-state index is -3.56. The average Bonchev–Trinajstić information content (AvgIpc) is 2.94. The van der Waals surface area contributed by atoms with Gasteiger partial charge in [0.15, 0.2) is 0 Å². The lowest BCUT2D eigenvalue weighted by molar-refractivity contribution is 0.198. The molecule has 1 fully saturated rings. The predicted molar refractivity (Wildman–Crippen MR) is 83.0 cm³/mol. The van der Waals surface area contributed by atoms with Crippen LogP contribution in [0.15, 0.2) is 21.6 Å². The highest BCUT2D eigenvalue weighted by atomic mass is 32.2. The molecule has 0 spiro atoms. The molecule has 1 aromatic rings. The van der Waals surface area contributed by atoms with E-state index >= 15 is 0 Å². The molecule has 6 nitrogen and oxygen atoms in total. The Kier molecular flexibility index (Phi) is 6.56. The van der Waals surface area contributed by atoms with Crippen LogP contribution in [-0.4, -0.2) is 46.2 Å². The molecule has 1 unspecified atom stereocenters. The van der Waals surface area contributed by atoms with E-state index in [-0.39, 0.29) is 11.1 Å². The van der Waals surface area contributed by atoms with Crippen molar-refractivity contribution in [3.05, 3.63) is 17.9 Å². The van der Waals surface area contributed by atoms with Crippen molar-refractivity contribution in [2.45, 2.75) is 30.5 Å². The van der Waals surface area contributed by atoms with Gasteiger partial charge in [-0.3, -0.25) is 0 Å². The third kappa shape index (κ3) is 5.30. The molecular weight excluding hydrogens is 312 g/mol. The number of sulfonamides is 1. The molecule has 120 valence electrons. The Morgan fingerprint density at radius 3 is 3.05 bits per heavy atom. The SMILES string of the molecule is COCCNCc1ccc(S(=O)(=O)NC2CCCSC2)o1. The lowest BCUT2D eigenvalue weighted by Gasteiger charge is -2.21. The third-order valence-corrected chi connectivity index (χ3v) is 5.77. The largest absolute Gasteiger partial charge is 0.447 e. The minimum absolute atomic E-state index is 0.00197. The third-order valence-electron chi connectivity index (χ3n) is 3.17. The van der Waals surface area contributed by atoms with Crippen LogP contribution in [0, 0.1) is 0 Å². The number of ether oxygens (including phenoxy) is 1. The normalized spacial score (nSPS) is 19.8. The first-order valence-electron chi connectivity index (χ1n) is 7.00. The van der Waals surface area contributed by atoms with Gasteiger partial charge in [0, 0.05) is 25.4 Å². The van der Waals surface area contributed by atoms with Crippen LogP contribution in [0.5, 0.6) is 0 Å². The van der Waals surface area contributed by atoms with Gasteiger partial charge in [-0.05, 0) is 30.7 Å². The molecule has 1 aliphatic rings. The summed E-state index contributed by atoms with van der Waals surface area (Å²) in [6.45, 7) is 1.78. The molecule has 2 heterocycles. The second-order valence-corrected chi connectivity index (χ2v) is 7.72. The Labute approximate surface area is 130 Å². The van der Waals surface area contributed by atoms with Gasteiger partial charge >= 0.3 is 0 Å². The molecule has 1 aromatic heterocycles. The van der Waals surface area contributed by atoms with Crippen LogP contribution in [-0.2, 0) is 21.3 Å². The van der Waals surface area contributed by atoms with E-state index in [0.29, 0.717) is 25.5 Å². The summed E-state index contributed by atoms with van der Waals surface area (Å²) >= 11 is 1.78. The van der Waals surface area contributed by atoms with E-state index in [1.807, 2.05) is 0 Å². The molecule has 1 aliphatic heterocycles. The zero-order valence-electron chi connectivity index (χ0n) is 12.1. The van der Waals surface area contributed by atoms with Crippen molar-refractivity contribution in [3.63, 3.8) is 0 Å². The fourth-order valence-corrected chi connectivity index (χ4v) is 4.49. The molecule has 0 amide bonds. The Morgan fingerprint density at radius 2 is 2.33 bits per heavy atom. The number of thioether (sulfide) groups is 1. The lowest BCUT2D eigenvalue weighted by Crippen LogP contribution is -2.38. The summed E-state index contributed by atoms with van der Waals surface area (Å²) in [7, 11) is -1.92. The van der Waals surface area contributed by atoms with Crippen molar-refractivity contribution in [1.29, 1.82) is 0 Å². The summed E-state index contributed by atoms with van der Waals surface area (Å²) in [4.78, 5) is 0. The maximum atomic E-state index is 12.2. The molecule has 0 bridgehead atoms. The van der Waals surface area contributed by atoms with Crippen LogP contribution in [0.25, 0.3) is 0 Å². The minimum Gasteiger partial charge on any atom is -0.447 e. The quantitative estimate of drug-likeness (QED) is 0.695. The molecule has 2 rings (SSSR count). The van der Waals surface area contributed by atoms with Crippen molar-refractivity contribution in [2.75, 3.05) is 31.8 Å². The van der Waals surface area contributed by atoms with E-state index in [1.165, 1.54) is 6.07 Å². The van der Waals surface area contributed by atoms with Crippen LogP contribution < -0.4 is 10.0 Å². The van der Waals surface area contributed by atoms with E-state index in [0.717, 1.165) is 24.3 Å². The van der Waals surface area contributed by atoms with Crippen molar-refractivity contribution >= 4 is 21.8 Å². The molecule has 0 radical (unpaired) electrons. The fraction of sp³-hybridized carbons (Fsp3) is 0.692. The van der Waals surface area contributed by atoms with Crippen molar-refractivity contribution in [2.24, 2.45) is 0 Å². The molecule has 21 heavy (non-hydrogen) atoms. The number of hydrogen-bond donors (Lipinski definition) is 2. The second kappa shape index (κ2) is 8.19. The molecule has 0 aromatic carbocycles. The van der Waals surface area contributed by atoms with Crippen LogP contribution in [0.2, 0.25) is 0 Å². The van der Waals surface area contributed by atoms with Crippen LogP contribution >= 0.6 is 11.8 Å². The number of methoxy groups -OCH3 is 1. The summed E-state index contributed by atoms with van der Waals surface area (Å²) in [5, 5.41) is 3.10. The number of nitrogens with one attached hydrogen (secondary N) is 2. The fourth-order valence-electron chi connectivity index (χ4n) is 2.09. The van der Waals surface area contributed by atoms with E-state index < -0.39 is 10.0 Å². The van der Waals surface area contributed by atoms with Crippen LogP contribution in [0.1, 0.15) is 18.6 Å². The Morgan fingerprint density at radius 1 is 1.48 bits per heavy atom. The monoisotopic (exact) mass is 334 g/mol. The van der Waals surface area contributed by atoms with Crippen molar-refractivity contribution in [3.8, 4) is 0 Å². The highest BCUT2D eigenvalue weighted by molar-refractivity contribution is 7.99. The standard InChI is InChI=1S/C13H22N2O4S2/c1-18-7-6-14-9-12-4-5-13(19-12)21(16,17)15-11-3-2-8-20-10-11/h4-5,11,14-15H,2-3,6-10H2,1H3. The van der Waals surface area contributed by atoms with Gasteiger partial charge < -0.3 is 14.5 Å². The van der Waals surface area contributed by atoms with E-state index in [4.69, 9.17) is 9.15 Å². The van der Waals surface area contributed by atoms with Gasteiger partial charge in [-0.15, -0.1) is 0 Å². The topological polar surface area (TPSA) is 80.6 Å². The number of rotatable bonds is 8. The first-order chi connectivity index (χ1) is 10.1. The lowest BCUT2D eigenvalue weighted by atomic mass is 10.2. The molecule has 1 atom stereocenters. The maximum absolute atomic E-state index is 12.2. The highest BCUT2D eigenvalue weighted by Gasteiger charge is 2.24. The summed E-state index contributed by atoms with van der Waals surface area (Å²) in [6, 6.07) is 3.19. The molecule has 2 N–H and O–H groups in total. The first-order valence-corrected chi connectivity index (χ1v) is 9.64. The molecule has 0 saturated carbocycles. The van der Waals surface area contributed by atoms with Crippen molar-refractivity contribution < 1.29 is 17.6 Å². The smallest absolute Gasteiger partial charge is 0.274 e. The molecule has 1 saturated heterocycles. The van der Waals surface area contributed by atoms with E-state index in [9.17, 15) is 8.42 Å². The zero-order chi connectivity index (χ0) is 15.1. The number of hydrogen-bond acceptors (Lipinski definition) is 6. The van der Waals surface area contributed by atoms with Gasteiger partial charge in [-0.1, -0.05) is 0 Å². The zero-order valence-corrected chi connectivity index (χ0v) is 13.8. The van der Waals surface area contributed by atoms with E-state index in [2.05, 4.69) is 10.0 Å². The van der Waals surface area contributed by atoms with Crippen molar-refractivity contribution in [1.82, 2.24) is 10.0 Å². The number of furan rings is 1. The Balaban J connectivity index is 1.89. The van der Waals surface area contributed by atoms with E-state index in [1.54, 1.807) is 24.9 Å². The van der Waals surface area contributed by atoms with Crippen LogP contribution in [0.4, 0.5) is 0 Å². The molecule has 0 aliphatic carbocycles. The van der Waals surface area contributed by atoms with Gasteiger partial charge in [0.1, 0.15) is 5.76 Å². The summed E-state index contributed by atoms with van der Waals surface area (Å²) < 4.78 is 37.5. The van der Waals surface area contributed by atoms with Crippen LogP contribution in [0.3, 0.4) is 0 Å². The van der Waals surface area contributed by atoms with Gasteiger partial charge in [0.2, 0.25) is 5.09 Å². The molecular formula is C13H22N2O4S2. The average molecular weight is 334 g/mol. The first kappa shape index (κ1) is 16.8. The summed E-state index contributed by atoms with van der Waals surface area (Å²) in [5.41, 5.74) is 0. The highest BCUT2D eigenvalue weighted by Crippen LogP contribution is 2.20. The maximum Gasteiger partial charge on any atom is 0.274 e. The van der Waals surface area contributed by atoms with Gasteiger partial charge in [-0.2, -0.15) is 11.8 Å².